The van der Waals surface area contributed by atoms with E-state index in [1.807, 2.05) is 32.9 Å². The van der Waals surface area contributed by atoms with Crippen LogP contribution in [-0.4, -0.2) is 30.7 Å². The highest BCUT2D eigenvalue weighted by molar-refractivity contribution is 8.00. The Labute approximate surface area is 155 Å². The van der Waals surface area contributed by atoms with Gasteiger partial charge in [0.15, 0.2) is 0 Å². The zero-order chi connectivity index (χ0) is 18.1. The van der Waals surface area contributed by atoms with E-state index in [1.165, 1.54) is 11.8 Å². The lowest BCUT2D eigenvalue weighted by atomic mass is 10.2. The van der Waals surface area contributed by atoms with Gasteiger partial charge in [-0.15, -0.1) is 5.10 Å². The van der Waals surface area contributed by atoms with Gasteiger partial charge in [0.05, 0.1) is 16.0 Å². The van der Waals surface area contributed by atoms with E-state index in [-0.39, 0.29) is 11.2 Å². The monoisotopic (exact) mass is 375 g/mol. The average Bonchev–Trinajstić information content (AvgIpc) is 2.97. The van der Waals surface area contributed by atoms with Crippen LogP contribution in [0.3, 0.4) is 0 Å². The van der Waals surface area contributed by atoms with Crippen LogP contribution in [0, 0.1) is 20.8 Å². The number of carbonyl (C=O) groups is 1. The molecule has 1 aromatic carbocycles. The van der Waals surface area contributed by atoms with Gasteiger partial charge in [0.1, 0.15) is 0 Å². The molecule has 3 aromatic rings. The summed E-state index contributed by atoms with van der Waals surface area (Å²) in [6, 6.07) is 7.13. The fourth-order valence-corrected chi connectivity index (χ4v) is 3.22. The topological polar surface area (TPSA) is 72.2 Å². The average molecular weight is 376 g/mol. The maximum Gasteiger partial charge on any atom is 0.253 e. The molecule has 2 aromatic heterocycles. The molecule has 3 rings (SSSR count). The Morgan fingerprint density at radius 2 is 1.96 bits per heavy atom. The van der Waals surface area contributed by atoms with E-state index in [1.54, 1.807) is 23.6 Å². The van der Waals surface area contributed by atoms with E-state index in [4.69, 9.17) is 11.6 Å². The summed E-state index contributed by atoms with van der Waals surface area (Å²) >= 11 is 7.36. The Bertz CT molecular complexity index is 956. The maximum atomic E-state index is 12.4. The van der Waals surface area contributed by atoms with Crippen molar-refractivity contribution in [3.8, 4) is 0 Å². The number of hydrogen-bond donors (Lipinski definition) is 1. The summed E-state index contributed by atoms with van der Waals surface area (Å²) in [6.07, 6.45) is 0. The summed E-state index contributed by atoms with van der Waals surface area (Å²) in [5.74, 6) is 0.385. The van der Waals surface area contributed by atoms with Crippen molar-refractivity contribution in [3.63, 3.8) is 0 Å². The van der Waals surface area contributed by atoms with Crippen molar-refractivity contribution in [1.82, 2.24) is 19.6 Å². The molecule has 0 fully saturated rings. The number of benzene rings is 1. The number of halogens is 1. The lowest BCUT2D eigenvalue weighted by Crippen LogP contribution is -2.22. The second-order valence-electron chi connectivity index (χ2n) is 5.74. The van der Waals surface area contributed by atoms with Crippen LogP contribution < -0.4 is 5.32 Å². The van der Waals surface area contributed by atoms with Crippen molar-refractivity contribution in [3.05, 3.63) is 46.2 Å². The molecule has 1 atom stereocenters. The molecule has 1 N–H and O–H groups in total. The van der Waals surface area contributed by atoms with Gasteiger partial charge in [0.25, 0.3) is 5.78 Å². The van der Waals surface area contributed by atoms with Gasteiger partial charge in [0.2, 0.25) is 11.1 Å². The van der Waals surface area contributed by atoms with Crippen LogP contribution in [0.25, 0.3) is 5.78 Å². The molecule has 8 heteroatoms. The molecular weight excluding hydrogens is 358 g/mol. The second-order valence-corrected chi connectivity index (χ2v) is 7.46. The number of nitrogens with one attached hydrogen (secondary N) is 1. The Hall–Kier alpha value is -2.12. The van der Waals surface area contributed by atoms with Gasteiger partial charge in [-0.3, -0.25) is 4.79 Å². The van der Waals surface area contributed by atoms with Crippen LogP contribution in [0.5, 0.6) is 0 Å². The number of anilines is 1. The summed E-state index contributed by atoms with van der Waals surface area (Å²) in [6.45, 7) is 7.74. The molecule has 1 amide bonds. The zero-order valence-corrected chi connectivity index (χ0v) is 15.9. The summed E-state index contributed by atoms with van der Waals surface area (Å²) in [5.41, 5.74) is 3.60. The Morgan fingerprint density at radius 1 is 1.24 bits per heavy atom. The molecule has 0 spiro atoms. The second kappa shape index (κ2) is 7.01. The minimum absolute atomic E-state index is 0.158. The predicted octanol–water partition coefficient (Wildman–Crippen LogP) is 3.82. The number of rotatable bonds is 4. The van der Waals surface area contributed by atoms with E-state index in [0.717, 1.165) is 17.0 Å². The number of thioether (sulfide) groups is 1. The van der Waals surface area contributed by atoms with Crippen molar-refractivity contribution < 1.29 is 4.79 Å². The standard InChI is InChI=1S/C17H18ClN5OS/c1-9-10(2)19-16-21-17(22-23(16)11(9)3)25-12(4)15(24)20-14-8-6-5-7-13(14)18/h5-8,12H,1-4H3,(H,20,24). The van der Waals surface area contributed by atoms with Crippen molar-refractivity contribution in [2.45, 2.75) is 38.1 Å². The summed E-state index contributed by atoms with van der Waals surface area (Å²) in [4.78, 5) is 21.3. The van der Waals surface area contributed by atoms with E-state index in [0.29, 0.717) is 21.6 Å². The van der Waals surface area contributed by atoms with Gasteiger partial charge < -0.3 is 5.32 Å². The molecule has 0 saturated carbocycles. The Kier molecular flexibility index (Phi) is 4.96. The largest absolute Gasteiger partial charge is 0.324 e. The highest BCUT2D eigenvalue weighted by Crippen LogP contribution is 2.25. The number of aromatic nitrogens is 4. The lowest BCUT2D eigenvalue weighted by Gasteiger charge is -2.11. The molecule has 0 radical (unpaired) electrons. The third-order valence-corrected chi connectivity index (χ3v) is 5.31. The third-order valence-electron chi connectivity index (χ3n) is 4.02. The number of para-hydroxylation sites is 1. The van der Waals surface area contributed by atoms with Gasteiger partial charge in [-0.25, -0.2) is 9.50 Å². The first-order chi connectivity index (χ1) is 11.9. The minimum Gasteiger partial charge on any atom is -0.324 e. The number of amides is 1. The summed E-state index contributed by atoms with van der Waals surface area (Å²) in [5, 5.41) is 7.93. The number of hydrogen-bond acceptors (Lipinski definition) is 5. The molecule has 130 valence electrons. The van der Waals surface area contributed by atoms with Crippen LogP contribution in [0.2, 0.25) is 5.02 Å². The van der Waals surface area contributed by atoms with Gasteiger partial charge in [-0.1, -0.05) is 35.5 Å². The fraction of sp³-hybridized carbons (Fsp3) is 0.294. The van der Waals surface area contributed by atoms with Crippen molar-refractivity contribution in [2.24, 2.45) is 0 Å². The van der Waals surface area contributed by atoms with Crippen LogP contribution in [0.1, 0.15) is 23.9 Å². The highest BCUT2D eigenvalue weighted by Gasteiger charge is 2.19. The van der Waals surface area contributed by atoms with Crippen LogP contribution in [0.15, 0.2) is 29.4 Å². The number of carbonyl (C=O) groups excluding carboxylic acids is 1. The smallest absolute Gasteiger partial charge is 0.253 e. The molecular formula is C17H18ClN5OS. The van der Waals surface area contributed by atoms with Crippen molar-refractivity contribution >= 4 is 40.7 Å². The zero-order valence-electron chi connectivity index (χ0n) is 14.4. The van der Waals surface area contributed by atoms with Crippen molar-refractivity contribution in [2.75, 3.05) is 5.32 Å². The van der Waals surface area contributed by atoms with Gasteiger partial charge in [-0.2, -0.15) is 4.98 Å². The van der Waals surface area contributed by atoms with E-state index < -0.39 is 0 Å². The normalized spacial score (nSPS) is 12.4. The first kappa shape index (κ1) is 17.7. The van der Waals surface area contributed by atoms with E-state index >= 15 is 0 Å². The summed E-state index contributed by atoms with van der Waals surface area (Å²) in [7, 11) is 0. The Morgan fingerprint density at radius 3 is 2.68 bits per heavy atom. The molecule has 0 aliphatic rings. The highest BCUT2D eigenvalue weighted by atomic mass is 35.5. The molecule has 6 nitrogen and oxygen atoms in total. The number of aryl methyl sites for hydroxylation is 2. The van der Waals surface area contributed by atoms with E-state index in [2.05, 4.69) is 20.4 Å². The van der Waals surface area contributed by atoms with Gasteiger partial charge in [-0.05, 0) is 45.4 Å². The predicted molar refractivity (Wildman–Crippen MR) is 100 cm³/mol. The fourth-order valence-electron chi connectivity index (χ4n) is 2.30. The van der Waals surface area contributed by atoms with Crippen molar-refractivity contribution in [1.29, 1.82) is 0 Å². The SMILES string of the molecule is Cc1nc2nc(SC(C)C(=O)Nc3ccccc3Cl)nn2c(C)c1C. The molecule has 0 aliphatic heterocycles. The van der Waals surface area contributed by atoms with E-state index in [9.17, 15) is 4.79 Å². The van der Waals surface area contributed by atoms with Crippen LogP contribution in [-0.2, 0) is 4.79 Å². The summed E-state index contributed by atoms with van der Waals surface area (Å²) < 4.78 is 1.71. The van der Waals surface area contributed by atoms with Crippen LogP contribution in [0.4, 0.5) is 5.69 Å². The molecule has 2 heterocycles. The third kappa shape index (κ3) is 3.62. The van der Waals surface area contributed by atoms with Gasteiger partial charge >= 0.3 is 0 Å². The first-order valence-electron chi connectivity index (χ1n) is 7.79. The maximum absolute atomic E-state index is 12.4. The molecule has 0 saturated heterocycles. The Balaban J connectivity index is 1.77. The van der Waals surface area contributed by atoms with Crippen LogP contribution >= 0.6 is 23.4 Å². The quantitative estimate of drug-likeness (QED) is 0.702. The molecule has 0 aliphatic carbocycles. The molecule has 0 bridgehead atoms. The molecule has 25 heavy (non-hydrogen) atoms. The minimum atomic E-state index is -0.379. The number of nitrogens with zero attached hydrogens (tertiary/aromatic N) is 4. The number of fused-ring (bicyclic) bond motifs is 1. The molecule has 1 unspecified atom stereocenters. The lowest BCUT2D eigenvalue weighted by molar-refractivity contribution is -0.115. The first-order valence-corrected chi connectivity index (χ1v) is 9.05. The van der Waals surface area contributed by atoms with Gasteiger partial charge in [0, 0.05) is 11.4 Å².